The van der Waals surface area contributed by atoms with Crippen LogP contribution in [0.25, 0.3) is 0 Å². The van der Waals surface area contributed by atoms with Crippen molar-refractivity contribution in [3.8, 4) is 0 Å². The Morgan fingerprint density at radius 2 is 2.28 bits per heavy atom. The normalized spacial score (nSPS) is 12.6. The summed E-state index contributed by atoms with van der Waals surface area (Å²) in [7, 11) is 1.68. The van der Waals surface area contributed by atoms with Crippen LogP contribution in [0.4, 0.5) is 0 Å². The van der Waals surface area contributed by atoms with E-state index in [-0.39, 0.29) is 6.04 Å². The van der Waals surface area contributed by atoms with E-state index in [0.717, 1.165) is 11.5 Å². The van der Waals surface area contributed by atoms with Crippen molar-refractivity contribution < 1.29 is 9.15 Å². The lowest BCUT2D eigenvalue weighted by Crippen LogP contribution is -2.25. The van der Waals surface area contributed by atoms with Gasteiger partial charge in [-0.15, -0.1) is 0 Å². The molecule has 0 saturated carbocycles. The summed E-state index contributed by atoms with van der Waals surface area (Å²) in [5.41, 5.74) is 2.23. The van der Waals surface area contributed by atoms with Crippen molar-refractivity contribution in [1.82, 2.24) is 10.3 Å². The molecule has 0 spiro atoms. The Labute approximate surface area is 107 Å². The van der Waals surface area contributed by atoms with E-state index in [2.05, 4.69) is 23.3 Å². The van der Waals surface area contributed by atoms with Gasteiger partial charge in [-0.3, -0.25) is 10.3 Å². The van der Waals surface area contributed by atoms with Gasteiger partial charge in [-0.25, -0.2) is 0 Å². The predicted octanol–water partition coefficient (Wildman–Crippen LogP) is 2.46. The number of hydrogen-bond donors (Lipinski definition) is 1. The molecule has 0 aliphatic heterocycles. The van der Waals surface area contributed by atoms with E-state index in [0.29, 0.717) is 13.2 Å². The number of aromatic nitrogens is 1. The van der Waals surface area contributed by atoms with Gasteiger partial charge in [0.2, 0.25) is 0 Å². The Hall–Kier alpha value is -1.65. The SMILES string of the molecule is COCC(NCc1ncccc1C)c1ccco1. The van der Waals surface area contributed by atoms with Crippen LogP contribution in [0.5, 0.6) is 0 Å². The first kappa shape index (κ1) is 12.8. The Morgan fingerprint density at radius 3 is 2.94 bits per heavy atom. The van der Waals surface area contributed by atoms with Crippen LogP contribution in [0.1, 0.15) is 23.1 Å². The lowest BCUT2D eigenvalue weighted by Gasteiger charge is -2.16. The first-order chi connectivity index (χ1) is 8.81. The highest BCUT2D eigenvalue weighted by Crippen LogP contribution is 2.14. The van der Waals surface area contributed by atoms with Crippen LogP contribution in [0.15, 0.2) is 41.1 Å². The van der Waals surface area contributed by atoms with Crippen LogP contribution >= 0.6 is 0 Å². The summed E-state index contributed by atoms with van der Waals surface area (Å²) < 4.78 is 10.6. The fourth-order valence-electron chi connectivity index (χ4n) is 1.82. The second-order valence-electron chi connectivity index (χ2n) is 4.17. The van der Waals surface area contributed by atoms with Gasteiger partial charge < -0.3 is 9.15 Å². The largest absolute Gasteiger partial charge is 0.468 e. The summed E-state index contributed by atoms with van der Waals surface area (Å²) in [6, 6.07) is 7.87. The summed E-state index contributed by atoms with van der Waals surface area (Å²) in [6.45, 7) is 3.32. The van der Waals surface area contributed by atoms with Crippen LogP contribution in [-0.2, 0) is 11.3 Å². The van der Waals surface area contributed by atoms with E-state index in [4.69, 9.17) is 9.15 Å². The molecule has 0 aliphatic rings. The maximum Gasteiger partial charge on any atom is 0.123 e. The first-order valence-electron chi connectivity index (χ1n) is 5.97. The number of furan rings is 1. The third-order valence-corrected chi connectivity index (χ3v) is 2.85. The maximum absolute atomic E-state index is 5.40. The molecular formula is C14H18N2O2. The van der Waals surface area contributed by atoms with Crippen molar-refractivity contribution in [3.63, 3.8) is 0 Å². The monoisotopic (exact) mass is 246 g/mol. The van der Waals surface area contributed by atoms with E-state index >= 15 is 0 Å². The van der Waals surface area contributed by atoms with Gasteiger partial charge in [0.25, 0.3) is 0 Å². The van der Waals surface area contributed by atoms with Gasteiger partial charge in [0, 0.05) is 19.9 Å². The molecule has 0 amide bonds. The van der Waals surface area contributed by atoms with E-state index < -0.39 is 0 Å². The minimum atomic E-state index is 0.0476. The van der Waals surface area contributed by atoms with Crippen LogP contribution in [0.2, 0.25) is 0 Å². The van der Waals surface area contributed by atoms with Crippen molar-refractivity contribution in [2.45, 2.75) is 19.5 Å². The number of nitrogens with zero attached hydrogens (tertiary/aromatic N) is 1. The zero-order chi connectivity index (χ0) is 12.8. The molecule has 0 saturated heterocycles. The molecule has 0 radical (unpaired) electrons. The molecule has 96 valence electrons. The highest BCUT2D eigenvalue weighted by molar-refractivity contribution is 5.17. The van der Waals surface area contributed by atoms with Crippen LogP contribution in [-0.4, -0.2) is 18.7 Å². The maximum atomic E-state index is 5.40. The molecule has 4 heteroatoms. The van der Waals surface area contributed by atoms with Gasteiger partial charge in [0.15, 0.2) is 0 Å². The van der Waals surface area contributed by atoms with Crippen LogP contribution in [0.3, 0.4) is 0 Å². The minimum absolute atomic E-state index is 0.0476. The molecule has 0 aliphatic carbocycles. The molecule has 18 heavy (non-hydrogen) atoms. The molecular weight excluding hydrogens is 228 g/mol. The van der Waals surface area contributed by atoms with Gasteiger partial charge in [-0.2, -0.15) is 0 Å². The third kappa shape index (κ3) is 3.18. The number of pyridine rings is 1. The van der Waals surface area contributed by atoms with Crippen LogP contribution in [0, 0.1) is 6.92 Å². The first-order valence-corrected chi connectivity index (χ1v) is 5.97. The van der Waals surface area contributed by atoms with Gasteiger partial charge in [-0.1, -0.05) is 6.07 Å². The zero-order valence-electron chi connectivity index (χ0n) is 10.7. The molecule has 1 atom stereocenters. The summed E-state index contributed by atoms with van der Waals surface area (Å²) >= 11 is 0. The molecule has 0 fully saturated rings. The summed E-state index contributed by atoms with van der Waals surface area (Å²) in [4.78, 5) is 4.36. The van der Waals surface area contributed by atoms with Crippen molar-refractivity contribution in [2.75, 3.05) is 13.7 Å². The van der Waals surface area contributed by atoms with E-state index in [1.807, 2.05) is 24.4 Å². The van der Waals surface area contributed by atoms with Crippen molar-refractivity contribution in [3.05, 3.63) is 53.7 Å². The number of nitrogens with one attached hydrogen (secondary N) is 1. The zero-order valence-corrected chi connectivity index (χ0v) is 10.7. The Bertz CT molecular complexity index is 468. The molecule has 2 rings (SSSR count). The summed E-state index contributed by atoms with van der Waals surface area (Å²) in [5, 5.41) is 3.40. The molecule has 1 N–H and O–H groups in total. The molecule has 0 aromatic carbocycles. The Kier molecular flexibility index (Phi) is 4.50. The fourth-order valence-corrected chi connectivity index (χ4v) is 1.82. The summed E-state index contributed by atoms with van der Waals surface area (Å²) in [5.74, 6) is 0.880. The van der Waals surface area contributed by atoms with Crippen molar-refractivity contribution in [2.24, 2.45) is 0 Å². The minimum Gasteiger partial charge on any atom is -0.468 e. The van der Waals surface area contributed by atoms with Crippen LogP contribution < -0.4 is 5.32 Å². The van der Waals surface area contributed by atoms with Gasteiger partial charge in [0.1, 0.15) is 5.76 Å². The molecule has 2 aromatic rings. The fraction of sp³-hybridized carbons (Fsp3) is 0.357. The van der Waals surface area contributed by atoms with Gasteiger partial charge >= 0.3 is 0 Å². The summed E-state index contributed by atoms with van der Waals surface area (Å²) in [6.07, 6.45) is 3.48. The molecule has 0 bridgehead atoms. The van der Waals surface area contributed by atoms with E-state index in [1.165, 1.54) is 5.56 Å². The highest BCUT2D eigenvalue weighted by Gasteiger charge is 2.14. The standard InChI is InChI=1S/C14H18N2O2/c1-11-5-3-7-15-12(11)9-16-13(10-17-2)14-6-4-8-18-14/h3-8,13,16H,9-10H2,1-2H3. The van der Waals surface area contributed by atoms with E-state index in [9.17, 15) is 0 Å². The third-order valence-electron chi connectivity index (χ3n) is 2.85. The van der Waals surface area contributed by atoms with Gasteiger partial charge in [0.05, 0.1) is 24.6 Å². The molecule has 4 nitrogen and oxygen atoms in total. The lowest BCUT2D eigenvalue weighted by molar-refractivity contribution is 0.156. The second-order valence-corrected chi connectivity index (χ2v) is 4.17. The Morgan fingerprint density at radius 1 is 1.39 bits per heavy atom. The number of aryl methyl sites for hydroxylation is 1. The Balaban J connectivity index is 2.00. The molecule has 2 aromatic heterocycles. The number of hydrogen-bond acceptors (Lipinski definition) is 4. The average molecular weight is 246 g/mol. The second kappa shape index (κ2) is 6.33. The van der Waals surface area contributed by atoms with Gasteiger partial charge in [-0.05, 0) is 30.7 Å². The predicted molar refractivity (Wildman–Crippen MR) is 69.1 cm³/mol. The topological polar surface area (TPSA) is 47.3 Å². The number of ether oxygens (including phenoxy) is 1. The smallest absolute Gasteiger partial charge is 0.123 e. The molecule has 1 unspecified atom stereocenters. The van der Waals surface area contributed by atoms with Crippen molar-refractivity contribution in [1.29, 1.82) is 0 Å². The lowest BCUT2D eigenvalue weighted by atomic mass is 10.2. The number of methoxy groups -OCH3 is 1. The molecule has 2 heterocycles. The van der Waals surface area contributed by atoms with E-state index in [1.54, 1.807) is 13.4 Å². The number of rotatable bonds is 6. The average Bonchev–Trinajstić information content (AvgIpc) is 2.90. The highest BCUT2D eigenvalue weighted by atomic mass is 16.5. The quantitative estimate of drug-likeness (QED) is 0.850. The van der Waals surface area contributed by atoms with Crippen molar-refractivity contribution >= 4 is 0 Å².